The first-order valence-electron chi connectivity index (χ1n) is 5.91. The molecule has 0 aromatic carbocycles. The monoisotopic (exact) mass is 212 g/mol. The molecule has 0 aromatic rings. The maximum atomic E-state index is 11.7. The van der Waals surface area contributed by atoms with Crippen molar-refractivity contribution in [3.63, 3.8) is 0 Å². The standard InChI is InChI=1S/C12H24N2O/c1-6-10-13-7-11(15)14(10)8-12(4,5)9(2)3/h9-10,13H,6-8H2,1-5H3. The molecule has 1 amide bonds. The van der Waals surface area contributed by atoms with Crippen molar-refractivity contribution in [3.05, 3.63) is 0 Å². The van der Waals surface area contributed by atoms with Crippen molar-refractivity contribution in [2.75, 3.05) is 13.1 Å². The molecule has 0 saturated carbocycles. The Morgan fingerprint density at radius 1 is 1.53 bits per heavy atom. The topological polar surface area (TPSA) is 32.3 Å². The summed E-state index contributed by atoms with van der Waals surface area (Å²) in [4.78, 5) is 13.7. The Balaban J connectivity index is 2.67. The van der Waals surface area contributed by atoms with E-state index in [9.17, 15) is 4.79 Å². The van der Waals surface area contributed by atoms with Crippen LogP contribution in [0, 0.1) is 11.3 Å². The molecule has 1 aliphatic rings. The van der Waals surface area contributed by atoms with Gasteiger partial charge < -0.3 is 4.90 Å². The molecule has 3 heteroatoms. The summed E-state index contributed by atoms with van der Waals surface area (Å²) in [6.07, 6.45) is 1.23. The van der Waals surface area contributed by atoms with Crippen molar-refractivity contribution < 1.29 is 4.79 Å². The summed E-state index contributed by atoms with van der Waals surface area (Å²) in [5.74, 6) is 0.832. The molecule has 0 aliphatic carbocycles. The zero-order valence-corrected chi connectivity index (χ0v) is 10.6. The molecule has 1 atom stereocenters. The van der Waals surface area contributed by atoms with Crippen LogP contribution in [0.15, 0.2) is 0 Å². The molecule has 1 rings (SSSR count). The van der Waals surface area contributed by atoms with Gasteiger partial charge in [-0.15, -0.1) is 0 Å². The highest BCUT2D eigenvalue weighted by Crippen LogP contribution is 2.28. The van der Waals surface area contributed by atoms with Crippen LogP contribution in [0.2, 0.25) is 0 Å². The highest BCUT2D eigenvalue weighted by molar-refractivity contribution is 5.80. The van der Waals surface area contributed by atoms with E-state index in [-0.39, 0.29) is 17.5 Å². The van der Waals surface area contributed by atoms with Crippen molar-refractivity contribution in [2.24, 2.45) is 11.3 Å². The molecule has 88 valence electrons. The molecule has 1 heterocycles. The number of rotatable bonds is 4. The molecule has 1 fully saturated rings. The van der Waals surface area contributed by atoms with E-state index in [0.717, 1.165) is 13.0 Å². The highest BCUT2D eigenvalue weighted by Gasteiger charge is 2.34. The molecule has 0 radical (unpaired) electrons. The van der Waals surface area contributed by atoms with Gasteiger partial charge in [-0.3, -0.25) is 10.1 Å². The second-order valence-electron chi connectivity index (χ2n) is 5.47. The Kier molecular flexibility index (Phi) is 3.77. The fourth-order valence-corrected chi connectivity index (χ4v) is 1.78. The van der Waals surface area contributed by atoms with Crippen molar-refractivity contribution in [1.29, 1.82) is 0 Å². The lowest BCUT2D eigenvalue weighted by molar-refractivity contribution is -0.129. The Morgan fingerprint density at radius 3 is 2.60 bits per heavy atom. The van der Waals surface area contributed by atoms with Gasteiger partial charge in [0.05, 0.1) is 12.7 Å². The van der Waals surface area contributed by atoms with Crippen molar-refractivity contribution in [1.82, 2.24) is 10.2 Å². The quantitative estimate of drug-likeness (QED) is 0.771. The third-order valence-corrected chi connectivity index (χ3v) is 3.71. The summed E-state index contributed by atoms with van der Waals surface area (Å²) in [6.45, 7) is 12.4. The second-order valence-corrected chi connectivity index (χ2v) is 5.47. The Morgan fingerprint density at radius 2 is 2.13 bits per heavy atom. The van der Waals surface area contributed by atoms with E-state index in [0.29, 0.717) is 12.5 Å². The van der Waals surface area contributed by atoms with Gasteiger partial charge in [0.1, 0.15) is 0 Å². The fraction of sp³-hybridized carbons (Fsp3) is 0.917. The lowest BCUT2D eigenvalue weighted by Gasteiger charge is -2.36. The summed E-state index contributed by atoms with van der Waals surface area (Å²) in [6, 6.07) is 0. The highest BCUT2D eigenvalue weighted by atomic mass is 16.2. The van der Waals surface area contributed by atoms with E-state index in [1.54, 1.807) is 0 Å². The Bertz CT molecular complexity index is 236. The van der Waals surface area contributed by atoms with E-state index in [4.69, 9.17) is 0 Å². The molecule has 1 saturated heterocycles. The predicted octanol–water partition coefficient (Wildman–Crippen LogP) is 1.84. The summed E-state index contributed by atoms with van der Waals surface area (Å²) in [5.41, 5.74) is 0.190. The van der Waals surface area contributed by atoms with Gasteiger partial charge in [0, 0.05) is 6.54 Å². The number of carbonyl (C=O) groups excluding carboxylic acids is 1. The summed E-state index contributed by atoms with van der Waals surface area (Å²) in [7, 11) is 0. The van der Waals surface area contributed by atoms with Crippen LogP contribution in [0.4, 0.5) is 0 Å². The molecule has 0 aromatic heterocycles. The van der Waals surface area contributed by atoms with Crippen LogP contribution in [0.5, 0.6) is 0 Å². The first-order chi connectivity index (χ1) is 6.88. The van der Waals surface area contributed by atoms with Crippen molar-refractivity contribution >= 4 is 5.91 Å². The molecular weight excluding hydrogens is 188 g/mol. The number of hydrogen-bond acceptors (Lipinski definition) is 2. The molecule has 1 aliphatic heterocycles. The minimum atomic E-state index is 0.190. The number of nitrogens with zero attached hydrogens (tertiary/aromatic N) is 1. The van der Waals surface area contributed by atoms with Crippen LogP contribution in [0.1, 0.15) is 41.0 Å². The minimum Gasteiger partial charge on any atom is -0.326 e. The zero-order chi connectivity index (χ0) is 11.6. The van der Waals surface area contributed by atoms with Crippen LogP contribution in [0.25, 0.3) is 0 Å². The molecule has 3 nitrogen and oxygen atoms in total. The van der Waals surface area contributed by atoms with Crippen molar-refractivity contribution in [3.8, 4) is 0 Å². The number of amides is 1. The van der Waals surface area contributed by atoms with Gasteiger partial charge in [0.2, 0.25) is 5.91 Å². The average molecular weight is 212 g/mol. The summed E-state index contributed by atoms with van der Waals surface area (Å²) < 4.78 is 0. The maximum Gasteiger partial charge on any atom is 0.237 e. The van der Waals surface area contributed by atoms with E-state index in [1.165, 1.54) is 0 Å². The van der Waals surface area contributed by atoms with Gasteiger partial charge in [-0.25, -0.2) is 0 Å². The smallest absolute Gasteiger partial charge is 0.237 e. The number of carbonyl (C=O) groups is 1. The van der Waals surface area contributed by atoms with E-state index in [2.05, 4.69) is 39.9 Å². The zero-order valence-electron chi connectivity index (χ0n) is 10.6. The van der Waals surface area contributed by atoms with E-state index in [1.807, 2.05) is 4.90 Å². The molecule has 0 spiro atoms. The third kappa shape index (κ3) is 2.71. The van der Waals surface area contributed by atoms with Crippen LogP contribution in [-0.4, -0.2) is 30.1 Å². The third-order valence-electron chi connectivity index (χ3n) is 3.71. The first-order valence-corrected chi connectivity index (χ1v) is 5.91. The molecule has 15 heavy (non-hydrogen) atoms. The van der Waals surface area contributed by atoms with Gasteiger partial charge in [-0.2, -0.15) is 0 Å². The van der Waals surface area contributed by atoms with E-state index < -0.39 is 0 Å². The van der Waals surface area contributed by atoms with Gasteiger partial charge in [-0.1, -0.05) is 34.6 Å². The average Bonchev–Trinajstić information content (AvgIpc) is 2.47. The van der Waals surface area contributed by atoms with Gasteiger partial charge in [0.15, 0.2) is 0 Å². The number of nitrogens with one attached hydrogen (secondary N) is 1. The van der Waals surface area contributed by atoms with Crippen molar-refractivity contribution in [2.45, 2.75) is 47.2 Å². The second kappa shape index (κ2) is 4.52. The minimum absolute atomic E-state index is 0.190. The van der Waals surface area contributed by atoms with Crippen LogP contribution in [-0.2, 0) is 4.79 Å². The molecular formula is C12H24N2O. The van der Waals surface area contributed by atoms with Crippen LogP contribution >= 0.6 is 0 Å². The van der Waals surface area contributed by atoms with Gasteiger partial charge in [0.25, 0.3) is 0 Å². The predicted molar refractivity (Wildman–Crippen MR) is 62.4 cm³/mol. The first kappa shape index (κ1) is 12.5. The molecule has 0 bridgehead atoms. The number of hydrogen-bond donors (Lipinski definition) is 1. The Labute approximate surface area is 93.2 Å². The SMILES string of the molecule is CCC1NCC(=O)N1CC(C)(C)C(C)C. The maximum absolute atomic E-state index is 11.7. The summed E-state index contributed by atoms with van der Waals surface area (Å²) in [5, 5.41) is 3.24. The van der Waals surface area contributed by atoms with E-state index >= 15 is 0 Å². The lowest BCUT2D eigenvalue weighted by atomic mass is 9.80. The molecule has 1 unspecified atom stereocenters. The summed E-state index contributed by atoms with van der Waals surface area (Å²) >= 11 is 0. The normalized spacial score (nSPS) is 22.9. The lowest BCUT2D eigenvalue weighted by Crippen LogP contribution is -2.44. The Hall–Kier alpha value is -0.570. The molecule has 1 N–H and O–H groups in total. The fourth-order valence-electron chi connectivity index (χ4n) is 1.78. The van der Waals surface area contributed by atoms with Gasteiger partial charge >= 0.3 is 0 Å². The van der Waals surface area contributed by atoms with Gasteiger partial charge in [-0.05, 0) is 17.8 Å². The van der Waals surface area contributed by atoms with Crippen LogP contribution < -0.4 is 5.32 Å². The van der Waals surface area contributed by atoms with Crippen LogP contribution in [0.3, 0.4) is 0 Å². The largest absolute Gasteiger partial charge is 0.326 e.